The summed E-state index contributed by atoms with van der Waals surface area (Å²) in [5.74, 6) is -0.173. The first-order valence-corrected chi connectivity index (χ1v) is 10.6. The summed E-state index contributed by atoms with van der Waals surface area (Å²) in [5.41, 5.74) is 4.56. The van der Waals surface area contributed by atoms with Crippen LogP contribution in [-0.4, -0.2) is 53.0 Å². The Kier molecular flexibility index (Phi) is 5.85. The predicted octanol–water partition coefficient (Wildman–Crippen LogP) is 4.89. The molecular weight excluding hydrogens is 421 g/mol. The highest BCUT2D eigenvalue weighted by atomic mass is 19.4. The largest absolute Gasteiger partial charge is 0.508 e. The molecule has 2 aromatic carbocycles. The summed E-state index contributed by atoms with van der Waals surface area (Å²) in [6.07, 6.45) is -3.57. The van der Waals surface area contributed by atoms with Crippen molar-refractivity contribution in [3.05, 3.63) is 58.1 Å². The Morgan fingerprint density at radius 3 is 2.47 bits per heavy atom. The van der Waals surface area contributed by atoms with E-state index >= 15 is 0 Å². The number of rotatable bonds is 4. The number of alkyl halides is 3. The van der Waals surface area contributed by atoms with Gasteiger partial charge in [0.05, 0.1) is 12.1 Å². The minimum absolute atomic E-state index is 0.0492. The number of hydrogen-bond acceptors (Lipinski definition) is 5. The Morgan fingerprint density at radius 1 is 1.03 bits per heavy atom. The van der Waals surface area contributed by atoms with Crippen LogP contribution in [-0.2, 0) is 17.8 Å². The van der Waals surface area contributed by atoms with Crippen molar-refractivity contribution in [2.45, 2.75) is 38.9 Å². The Bertz CT molecular complexity index is 1060. The molecule has 4 rings (SSSR count). The monoisotopic (exact) mass is 448 g/mol. The second kappa shape index (κ2) is 8.33. The molecule has 0 fully saturated rings. The molecule has 2 aliphatic rings. The number of benzene rings is 2. The molecule has 0 aliphatic carbocycles. The van der Waals surface area contributed by atoms with E-state index in [0.29, 0.717) is 11.1 Å². The fourth-order valence-corrected chi connectivity index (χ4v) is 4.31. The van der Waals surface area contributed by atoms with Crippen molar-refractivity contribution in [1.82, 2.24) is 9.96 Å². The molecule has 0 saturated heterocycles. The summed E-state index contributed by atoms with van der Waals surface area (Å²) in [6.45, 7) is 4.22. The Balaban J connectivity index is 1.81. The third-order valence-corrected chi connectivity index (χ3v) is 5.95. The van der Waals surface area contributed by atoms with Gasteiger partial charge in [0.15, 0.2) is 5.76 Å². The van der Waals surface area contributed by atoms with Crippen molar-refractivity contribution in [3.8, 4) is 11.5 Å². The van der Waals surface area contributed by atoms with E-state index in [0.717, 1.165) is 30.1 Å². The topological polar surface area (TPSA) is 56.2 Å². The maximum absolute atomic E-state index is 13.1. The van der Waals surface area contributed by atoms with Crippen molar-refractivity contribution in [3.63, 3.8) is 0 Å². The van der Waals surface area contributed by atoms with Gasteiger partial charge in [-0.15, -0.1) is 5.06 Å². The third kappa shape index (κ3) is 4.56. The maximum Gasteiger partial charge on any atom is 0.404 e. The van der Waals surface area contributed by atoms with Crippen LogP contribution in [0.2, 0.25) is 0 Å². The fourth-order valence-electron chi connectivity index (χ4n) is 4.31. The zero-order chi connectivity index (χ0) is 23.2. The summed E-state index contributed by atoms with van der Waals surface area (Å²) in [5, 5.41) is 21.6. The minimum Gasteiger partial charge on any atom is -0.508 e. The molecule has 172 valence electrons. The summed E-state index contributed by atoms with van der Waals surface area (Å²) in [6, 6.07) is 8.73. The van der Waals surface area contributed by atoms with Crippen LogP contribution >= 0.6 is 0 Å². The summed E-state index contributed by atoms with van der Waals surface area (Å²) in [4.78, 5) is 7.87. The standard InChI is InChI=1S/C24H27F3N2O3/c1-14(2)18-9-19(22(31)10-21(18)30)23-20(12-29(32-23)13-24(25,26)27)16-4-5-17-11-28(3)7-6-15(17)8-16/h4-5,8-10,14,30-31H,6-7,11-13H2,1-3H3. The molecule has 8 heteroatoms. The maximum atomic E-state index is 13.1. The lowest BCUT2D eigenvalue weighted by Crippen LogP contribution is -2.31. The van der Waals surface area contributed by atoms with E-state index in [1.807, 2.05) is 32.0 Å². The highest BCUT2D eigenvalue weighted by molar-refractivity contribution is 5.92. The third-order valence-electron chi connectivity index (χ3n) is 5.95. The van der Waals surface area contributed by atoms with E-state index < -0.39 is 12.7 Å². The number of likely N-dealkylation sites (N-methyl/N-ethyl adjacent to an activating group) is 1. The van der Waals surface area contributed by atoms with Crippen LogP contribution in [0.25, 0.3) is 11.3 Å². The lowest BCUT2D eigenvalue weighted by atomic mass is 9.92. The average molecular weight is 448 g/mol. The van der Waals surface area contributed by atoms with Gasteiger partial charge in [-0.25, -0.2) is 0 Å². The number of phenols is 2. The van der Waals surface area contributed by atoms with Gasteiger partial charge in [0.1, 0.15) is 18.0 Å². The Labute approximate surface area is 185 Å². The molecule has 0 unspecified atom stereocenters. The van der Waals surface area contributed by atoms with E-state index in [1.165, 1.54) is 17.2 Å². The van der Waals surface area contributed by atoms with E-state index in [-0.39, 0.29) is 35.3 Å². The van der Waals surface area contributed by atoms with Crippen LogP contribution in [0, 0.1) is 0 Å². The van der Waals surface area contributed by atoms with E-state index in [2.05, 4.69) is 11.9 Å². The van der Waals surface area contributed by atoms with Crippen LogP contribution in [0.3, 0.4) is 0 Å². The molecule has 2 heterocycles. The molecule has 5 nitrogen and oxygen atoms in total. The number of hydrogen-bond donors (Lipinski definition) is 2. The molecule has 0 radical (unpaired) electrons. The Hall–Kier alpha value is -2.71. The van der Waals surface area contributed by atoms with E-state index in [4.69, 9.17) is 4.84 Å². The molecule has 0 saturated carbocycles. The van der Waals surface area contributed by atoms with Crippen LogP contribution in [0.4, 0.5) is 13.2 Å². The highest BCUT2D eigenvalue weighted by Gasteiger charge is 2.37. The molecule has 0 atom stereocenters. The van der Waals surface area contributed by atoms with Crippen molar-refractivity contribution in [2.24, 2.45) is 0 Å². The minimum atomic E-state index is -4.43. The van der Waals surface area contributed by atoms with Gasteiger partial charge in [-0.1, -0.05) is 32.0 Å². The van der Waals surface area contributed by atoms with Gasteiger partial charge in [-0.3, -0.25) is 0 Å². The van der Waals surface area contributed by atoms with Gasteiger partial charge < -0.3 is 20.0 Å². The first kappa shape index (κ1) is 22.5. The van der Waals surface area contributed by atoms with Gasteiger partial charge in [0.2, 0.25) is 0 Å². The van der Waals surface area contributed by atoms with Crippen molar-refractivity contribution >= 4 is 11.3 Å². The van der Waals surface area contributed by atoms with Crippen LogP contribution in [0.1, 0.15) is 47.6 Å². The summed E-state index contributed by atoms with van der Waals surface area (Å²) < 4.78 is 39.3. The van der Waals surface area contributed by atoms with E-state index in [9.17, 15) is 23.4 Å². The van der Waals surface area contributed by atoms with Gasteiger partial charge in [0, 0.05) is 24.7 Å². The van der Waals surface area contributed by atoms with E-state index in [1.54, 1.807) is 6.07 Å². The molecule has 32 heavy (non-hydrogen) atoms. The molecule has 0 bridgehead atoms. The zero-order valence-electron chi connectivity index (χ0n) is 18.3. The first-order valence-electron chi connectivity index (χ1n) is 10.6. The molecule has 2 aromatic rings. The Morgan fingerprint density at radius 2 is 1.78 bits per heavy atom. The van der Waals surface area contributed by atoms with Gasteiger partial charge in [-0.05, 0) is 47.7 Å². The molecule has 2 aliphatic heterocycles. The summed E-state index contributed by atoms with van der Waals surface area (Å²) >= 11 is 0. The second-order valence-corrected chi connectivity index (χ2v) is 8.87. The second-order valence-electron chi connectivity index (χ2n) is 8.87. The van der Waals surface area contributed by atoms with Gasteiger partial charge in [0.25, 0.3) is 0 Å². The smallest absolute Gasteiger partial charge is 0.404 e. The van der Waals surface area contributed by atoms with Crippen molar-refractivity contribution in [1.29, 1.82) is 0 Å². The summed E-state index contributed by atoms with van der Waals surface area (Å²) in [7, 11) is 2.05. The first-order chi connectivity index (χ1) is 15.0. The quantitative estimate of drug-likeness (QED) is 0.698. The zero-order valence-corrected chi connectivity index (χ0v) is 18.3. The molecular formula is C24H27F3N2O3. The fraction of sp³-hybridized carbons (Fsp3) is 0.417. The van der Waals surface area contributed by atoms with Crippen LogP contribution in [0.15, 0.2) is 30.3 Å². The average Bonchev–Trinajstić information content (AvgIpc) is 3.08. The molecule has 2 N–H and O–H groups in total. The number of hydroxylamine groups is 2. The molecule has 0 aromatic heterocycles. The van der Waals surface area contributed by atoms with Crippen LogP contribution < -0.4 is 0 Å². The van der Waals surface area contributed by atoms with Gasteiger partial charge >= 0.3 is 6.18 Å². The van der Waals surface area contributed by atoms with Crippen molar-refractivity contribution in [2.75, 3.05) is 26.7 Å². The number of nitrogens with zero attached hydrogens (tertiary/aromatic N) is 2. The number of aromatic hydroxyl groups is 2. The normalized spacial score (nSPS) is 17.7. The lowest BCUT2D eigenvalue weighted by molar-refractivity contribution is -0.196. The number of phenolic OH excluding ortho intramolecular Hbond substituents is 2. The van der Waals surface area contributed by atoms with Crippen LogP contribution in [0.5, 0.6) is 11.5 Å². The lowest BCUT2D eigenvalue weighted by Gasteiger charge is -2.25. The molecule has 0 spiro atoms. The van der Waals surface area contributed by atoms with Crippen molar-refractivity contribution < 1.29 is 28.2 Å². The highest BCUT2D eigenvalue weighted by Crippen LogP contribution is 2.43. The number of fused-ring (bicyclic) bond motifs is 1. The van der Waals surface area contributed by atoms with Gasteiger partial charge in [-0.2, -0.15) is 13.2 Å². The molecule has 0 amide bonds. The predicted molar refractivity (Wildman–Crippen MR) is 116 cm³/mol. The number of halogens is 3. The SMILES string of the molecule is CC(C)c1cc(C2=C(c3ccc4c(c3)CCN(C)C4)CN(CC(F)(F)F)O2)c(O)cc1O.